The van der Waals surface area contributed by atoms with Gasteiger partial charge in [-0.2, -0.15) is 0 Å². The van der Waals surface area contributed by atoms with Crippen molar-refractivity contribution in [3.63, 3.8) is 0 Å². The molecule has 0 fully saturated rings. The molecule has 1 aliphatic rings. The highest BCUT2D eigenvalue weighted by atomic mass is 35.5. The van der Waals surface area contributed by atoms with Gasteiger partial charge in [-0.25, -0.2) is 4.99 Å². The predicted octanol–water partition coefficient (Wildman–Crippen LogP) is 4.42. The van der Waals surface area contributed by atoms with Gasteiger partial charge < -0.3 is 10.6 Å². The van der Waals surface area contributed by atoms with Gasteiger partial charge in [-0.15, -0.1) is 0 Å². The van der Waals surface area contributed by atoms with E-state index in [1.54, 1.807) is 6.20 Å². The van der Waals surface area contributed by atoms with E-state index in [0.29, 0.717) is 17.1 Å². The van der Waals surface area contributed by atoms with E-state index < -0.39 is 0 Å². The van der Waals surface area contributed by atoms with Gasteiger partial charge in [0.1, 0.15) is 6.04 Å². The molecule has 0 spiro atoms. The number of rotatable bonds is 5. The lowest BCUT2D eigenvalue weighted by molar-refractivity contribution is -0.117. The predicted molar refractivity (Wildman–Crippen MR) is 115 cm³/mol. The summed E-state index contributed by atoms with van der Waals surface area (Å²) < 4.78 is 0. The van der Waals surface area contributed by atoms with Gasteiger partial charge in [0.05, 0.1) is 5.57 Å². The van der Waals surface area contributed by atoms with Crippen LogP contribution in [0, 0.1) is 0 Å². The Labute approximate surface area is 168 Å². The molecule has 0 radical (unpaired) electrons. The second kappa shape index (κ2) is 9.44. The maximum absolute atomic E-state index is 12.7. The number of hydrogen-bond donors (Lipinski definition) is 2. The van der Waals surface area contributed by atoms with Crippen molar-refractivity contribution >= 4 is 40.5 Å². The maximum Gasteiger partial charge on any atom is 0.251 e. The first kappa shape index (κ1) is 19.3. The van der Waals surface area contributed by atoms with Crippen LogP contribution in [0.5, 0.6) is 0 Å². The van der Waals surface area contributed by atoms with Crippen LogP contribution >= 0.6 is 23.4 Å². The van der Waals surface area contributed by atoms with Crippen molar-refractivity contribution in [1.82, 2.24) is 10.6 Å². The quantitative estimate of drug-likeness (QED) is 0.785. The number of carbonyl (C=O) groups excluding carboxylic acids is 1. The summed E-state index contributed by atoms with van der Waals surface area (Å²) >= 11 is 7.62. The molecule has 1 heterocycles. The van der Waals surface area contributed by atoms with Crippen LogP contribution < -0.4 is 10.6 Å². The summed E-state index contributed by atoms with van der Waals surface area (Å²) in [4.78, 5) is 17.4. The number of thioether (sulfide) groups is 1. The third-order valence-electron chi connectivity index (χ3n) is 4.00. The van der Waals surface area contributed by atoms with Crippen LogP contribution in [0.25, 0.3) is 6.08 Å². The smallest absolute Gasteiger partial charge is 0.251 e. The largest absolute Gasteiger partial charge is 0.349 e. The van der Waals surface area contributed by atoms with Gasteiger partial charge in [0, 0.05) is 17.8 Å². The first-order valence-corrected chi connectivity index (χ1v) is 10.1. The van der Waals surface area contributed by atoms with E-state index in [0.717, 1.165) is 16.3 Å². The number of nitrogens with zero attached hydrogens (tertiary/aromatic N) is 1. The topological polar surface area (TPSA) is 53.5 Å². The van der Waals surface area contributed by atoms with Crippen LogP contribution in [0.3, 0.4) is 0 Å². The normalized spacial score (nSPS) is 16.4. The van der Waals surface area contributed by atoms with Gasteiger partial charge >= 0.3 is 0 Å². The Balaban J connectivity index is 1.70. The van der Waals surface area contributed by atoms with Crippen molar-refractivity contribution < 1.29 is 4.79 Å². The van der Waals surface area contributed by atoms with E-state index in [2.05, 4.69) is 15.6 Å². The maximum atomic E-state index is 12.7. The molecular weight excluding hydrogens is 378 g/mol. The SMILES string of the molecule is CSC1=NC(c2cccc(Cl)c2)C(C(=O)NCC=Cc2ccccc2)=CN1. The zero-order valence-corrected chi connectivity index (χ0v) is 16.4. The van der Waals surface area contributed by atoms with Crippen LogP contribution in [-0.2, 0) is 4.79 Å². The molecule has 2 N–H and O–H groups in total. The average molecular weight is 398 g/mol. The van der Waals surface area contributed by atoms with Gasteiger partial charge in [-0.3, -0.25) is 4.79 Å². The zero-order valence-electron chi connectivity index (χ0n) is 14.9. The Morgan fingerprint density at radius 2 is 2.07 bits per heavy atom. The second-order valence-electron chi connectivity index (χ2n) is 5.86. The molecule has 1 unspecified atom stereocenters. The fraction of sp³-hybridized carbons (Fsp3) is 0.143. The minimum absolute atomic E-state index is 0.158. The molecule has 0 bridgehead atoms. The summed E-state index contributed by atoms with van der Waals surface area (Å²) in [5.41, 5.74) is 2.54. The molecule has 0 saturated carbocycles. The van der Waals surface area contributed by atoms with E-state index in [4.69, 9.17) is 11.6 Å². The van der Waals surface area contributed by atoms with E-state index >= 15 is 0 Å². The van der Waals surface area contributed by atoms with Gasteiger partial charge in [-0.1, -0.05) is 78.0 Å². The summed E-state index contributed by atoms with van der Waals surface area (Å²) in [7, 11) is 0. The first-order valence-electron chi connectivity index (χ1n) is 8.51. The van der Waals surface area contributed by atoms with Crippen LogP contribution in [0.4, 0.5) is 0 Å². The van der Waals surface area contributed by atoms with Crippen LogP contribution in [0.15, 0.2) is 77.4 Å². The van der Waals surface area contributed by atoms with Gasteiger partial charge in [0.25, 0.3) is 5.91 Å². The fourth-order valence-electron chi connectivity index (χ4n) is 2.69. The van der Waals surface area contributed by atoms with Gasteiger partial charge in [0.2, 0.25) is 0 Å². The van der Waals surface area contributed by atoms with E-state index in [1.807, 2.05) is 73.0 Å². The Bertz CT molecular complexity index is 893. The summed E-state index contributed by atoms with van der Waals surface area (Å²) in [6.45, 7) is 0.437. The second-order valence-corrected chi connectivity index (χ2v) is 7.09. The highest BCUT2D eigenvalue weighted by Crippen LogP contribution is 2.30. The Hall–Kier alpha value is -2.50. The van der Waals surface area contributed by atoms with E-state index in [9.17, 15) is 4.79 Å². The van der Waals surface area contributed by atoms with Crippen molar-refractivity contribution in [1.29, 1.82) is 0 Å². The molecule has 2 aromatic rings. The highest BCUT2D eigenvalue weighted by molar-refractivity contribution is 8.13. The summed E-state index contributed by atoms with van der Waals surface area (Å²) in [5.74, 6) is -0.158. The van der Waals surface area contributed by atoms with Crippen molar-refractivity contribution in [2.75, 3.05) is 12.8 Å². The number of amides is 1. The number of amidine groups is 1. The molecule has 2 aromatic carbocycles. The van der Waals surface area contributed by atoms with Gasteiger partial charge in [-0.05, 0) is 29.5 Å². The molecule has 0 aromatic heterocycles. The van der Waals surface area contributed by atoms with E-state index in [1.165, 1.54) is 11.8 Å². The van der Waals surface area contributed by atoms with Crippen molar-refractivity contribution in [2.24, 2.45) is 4.99 Å². The number of nitrogens with one attached hydrogen (secondary N) is 2. The molecule has 1 aliphatic heterocycles. The molecule has 27 heavy (non-hydrogen) atoms. The number of benzene rings is 2. The number of hydrogen-bond acceptors (Lipinski definition) is 4. The van der Waals surface area contributed by atoms with Crippen LogP contribution in [0.1, 0.15) is 17.2 Å². The standard InChI is InChI=1S/C21H20ClN3OS/c1-27-21-24-14-18(19(25-21)16-10-5-11-17(22)13-16)20(26)23-12-6-9-15-7-3-2-4-8-15/h2-11,13-14,19H,12H2,1H3,(H,23,26)(H,24,25). The zero-order chi connectivity index (χ0) is 19.1. The van der Waals surface area contributed by atoms with Crippen LogP contribution in [0.2, 0.25) is 5.02 Å². The Morgan fingerprint density at radius 1 is 1.26 bits per heavy atom. The molecule has 3 rings (SSSR count). The Kier molecular flexibility index (Phi) is 6.74. The first-order chi connectivity index (χ1) is 13.2. The lowest BCUT2D eigenvalue weighted by atomic mass is 9.98. The number of aliphatic imine (C=N–C) groups is 1. The highest BCUT2D eigenvalue weighted by Gasteiger charge is 2.25. The number of halogens is 1. The summed E-state index contributed by atoms with van der Waals surface area (Å²) in [6, 6.07) is 17.0. The minimum Gasteiger partial charge on any atom is -0.349 e. The van der Waals surface area contributed by atoms with Crippen LogP contribution in [-0.4, -0.2) is 23.9 Å². The summed E-state index contributed by atoms with van der Waals surface area (Å²) in [6.07, 6.45) is 7.57. The molecule has 0 saturated heterocycles. The molecule has 138 valence electrons. The fourth-order valence-corrected chi connectivity index (χ4v) is 3.27. The third kappa shape index (κ3) is 5.25. The monoisotopic (exact) mass is 397 g/mol. The molecule has 0 aliphatic carbocycles. The third-order valence-corrected chi connectivity index (χ3v) is 4.85. The van der Waals surface area contributed by atoms with Crippen molar-refractivity contribution in [2.45, 2.75) is 6.04 Å². The number of carbonyl (C=O) groups is 1. The molecule has 4 nitrogen and oxygen atoms in total. The molecular formula is C21H20ClN3OS. The van der Waals surface area contributed by atoms with Crippen molar-refractivity contribution in [3.05, 3.63) is 88.6 Å². The molecule has 6 heteroatoms. The van der Waals surface area contributed by atoms with Crippen molar-refractivity contribution in [3.8, 4) is 0 Å². The molecule has 1 atom stereocenters. The lowest BCUT2D eigenvalue weighted by Gasteiger charge is -2.22. The Morgan fingerprint density at radius 3 is 2.81 bits per heavy atom. The minimum atomic E-state index is -0.384. The van der Waals surface area contributed by atoms with E-state index in [-0.39, 0.29) is 11.9 Å². The lowest BCUT2D eigenvalue weighted by Crippen LogP contribution is -2.32. The summed E-state index contributed by atoms with van der Waals surface area (Å²) in [5, 5.41) is 7.38. The van der Waals surface area contributed by atoms with Gasteiger partial charge in [0.15, 0.2) is 5.17 Å². The molecule has 1 amide bonds. The average Bonchev–Trinajstić information content (AvgIpc) is 2.71.